The van der Waals surface area contributed by atoms with Gasteiger partial charge in [-0.25, -0.2) is 13.4 Å². The van der Waals surface area contributed by atoms with Crippen molar-refractivity contribution in [3.05, 3.63) is 58.1 Å². The van der Waals surface area contributed by atoms with Gasteiger partial charge in [0, 0.05) is 23.4 Å². The van der Waals surface area contributed by atoms with Crippen molar-refractivity contribution in [1.82, 2.24) is 9.97 Å². The number of nitrogens with zero attached hydrogens (tertiary/aromatic N) is 1. The van der Waals surface area contributed by atoms with E-state index in [1.54, 1.807) is 18.3 Å². The highest BCUT2D eigenvalue weighted by Crippen LogP contribution is 2.34. The topological polar surface area (TPSA) is 106 Å². The number of aromatic nitrogens is 2. The molecule has 1 atom stereocenters. The van der Waals surface area contributed by atoms with Crippen LogP contribution in [-0.2, 0) is 20.7 Å². The number of nitrogen functional groups attached to an aromatic ring is 1. The second kappa shape index (κ2) is 10.9. The van der Waals surface area contributed by atoms with Gasteiger partial charge in [-0.2, -0.15) is 0 Å². The molecule has 33 heavy (non-hydrogen) atoms. The summed E-state index contributed by atoms with van der Waals surface area (Å²) < 4.78 is 22.2. The molecule has 0 bridgehead atoms. The highest BCUT2D eigenvalue weighted by molar-refractivity contribution is 7.91. The van der Waals surface area contributed by atoms with E-state index in [9.17, 15) is 13.2 Å². The van der Waals surface area contributed by atoms with Gasteiger partial charge in [-0.15, -0.1) is 0 Å². The first kappa shape index (κ1) is 28.9. The van der Waals surface area contributed by atoms with Crippen molar-refractivity contribution in [2.45, 2.75) is 79.6 Å². The fraction of sp³-hybridized carbons (Fsp3) is 0.615. The standard InChI is InChI=1S/C9H14N2.C9H13NO.C8H16O2S/c1-9(2,3)7-5-4-6-8(10)11-7;1-9(2,3)7-4-5-8(11)10-6-7;1-8(2,3)7-4-5-11(9,10)6-7/h4-6H,1-3H3,(H2,10,11);4-6H,1-3H3,(H,10,11);7H,4-6H2,1-3H3. The predicted molar refractivity (Wildman–Crippen MR) is 139 cm³/mol. The Morgan fingerprint density at radius 3 is 1.85 bits per heavy atom. The predicted octanol–water partition coefficient (Wildman–Crippen LogP) is 5.10. The molecule has 0 saturated carbocycles. The second-order valence-corrected chi connectivity index (χ2v) is 14.1. The number of hydrogen-bond donors (Lipinski definition) is 2. The molecule has 186 valence electrons. The Hall–Kier alpha value is -2.15. The van der Waals surface area contributed by atoms with Crippen molar-refractivity contribution in [1.29, 1.82) is 0 Å². The Kier molecular flexibility index (Phi) is 9.50. The zero-order valence-corrected chi connectivity index (χ0v) is 22.6. The molecule has 1 aliphatic heterocycles. The zero-order chi connectivity index (χ0) is 25.7. The van der Waals surface area contributed by atoms with Gasteiger partial charge in [0.2, 0.25) is 5.56 Å². The lowest BCUT2D eigenvalue weighted by Gasteiger charge is -2.25. The maximum atomic E-state index is 11.1. The Labute approximate surface area is 200 Å². The summed E-state index contributed by atoms with van der Waals surface area (Å²) in [6, 6.07) is 9.15. The monoisotopic (exact) mass is 477 g/mol. The molecule has 7 heteroatoms. The molecule has 0 aromatic carbocycles. The third-order valence-corrected chi connectivity index (χ3v) is 7.41. The molecule has 3 N–H and O–H groups in total. The number of nitrogens with two attached hydrogens (primary N) is 1. The zero-order valence-electron chi connectivity index (χ0n) is 21.8. The van der Waals surface area contributed by atoms with Crippen LogP contribution in [0.4, 0.5) is 5.82 Å². The molecule has 1 unspecified atom stereocenters. The van der Waals surface area contributed by atoms with Gasteiger partial charge in [0.05, 0.1) is 11.5 Å². The molecule has 1 aliphatic rings. The number of H-pyrrole nitrogens is 1. The first-order chi connectivity index (χ1) is 14.8. The molecule has 2 aromatic rings. The molecule has 3 rings (SSSR count). The number of sulfone groups is 1. The highest BCUT2D eigenvalue weighted by Gasteiger charge is 2.35. The summed E-state index contributed by atoms with van der Waals surface area (Å²) in [6.07, 6.45) is 2.62. The van der Waals surface area contributed by atoms with E-state index in [4.69, 9.17) is 5.73 Å². The van der Waals surface area contributed by atoms with E-state index >= 15 is 0 Å². The molecule has 1 saturated heterocycles. The van der Waals surface area contributed by atoms with Crippen LogP contribution in [0.2, 0.25) is 0 Å². The van der Waals surface area contributed by atoms with Gasteiger partial charge < -0.3 is 10.7 Å². The molecule has 0 aliphatic carbocycles. The molecule has 1 fully saturated rings. The minimum Gasteiger partial charge on any atom is -0.384 e. The largest absolute Gasteiger partial charge is 0.384 e. The lowest BCUT2D eigenvalue weighted by molar-refractivity contribution is 0.268. The van der Waals surface area contributed by atoms with E-state index in [1.807, 2.05) is 18.2 Å². The van der Waals surface area contributed by atoms with E-state index in [-0.39, 0.29) is 21.8 Å². The first-order valence-corrected chi connectivity index (χ1v) is 13.3. The molecule has 0 spiro atoms. The Bertz CT molecular complexity index is 1030. The van der Waals surface area contributed by atoms with Crippen LogP contribution in [0, 0.1) is 11.3 Å². The van der Waals surface area contributed by atoms with Crippen LogP contribution in [-0.4, -0.2) is 29.9 Å². The molecule has 2 aromatic heterocycles. The van der Waals surface area contributed by atoms with Crippen molar-refractivity contribution in [2.75, 3.05) is 17.2 Å². The Morgan fingerprint density at radius 1 is 0.939 bits per heavy atom. The summed E-state index contributed by atoms with van der Waals surface area (Å²) >= 11 is 0. The molecule has 3 heterocycles. The average molecular weight is 478 g/mol. The van der Waals surface area contributed by atoms with Crippen LogP contribution in [0.3, 0.4) is 0 Å². The summed E-state index contributed by atoms with van der Waals surface area (Å²) in [5, 5.41) is 0. The number of anilines is 1. The van der Waals surface area contributed by atoms with Gasteiger partial charge in [-0.3, -0.25) is 4.79 Å². The SMILES string of the molecule is CC(C)(C)C1CCS(=O)(=O)C1.CC(C)(C)c1ccc(=O)[nH]c1.CC(C)(C)c1cccc(N)n1. The average Bonchev–Trinajstić information content (AvgIpc) is 3.02. The van der Waals surface area contributed by atoms with Crippen molar-refractivity contribution in [3.8, 4) is 0 Å². The fourth-order valence-corrected chi connectivity index (χ4v) is 5.31. The lowest BCUT2D eigenvalue weighted by Crippen LogP contribution is -2.21. The minimum atomic E-state index is -2.68. The normalized spacial score (nSPS) is 17.9. The van der Waals surface area contributed by atoms with Crippen LogP contribution in [0.25, 0.3) is 0 Å². The minimum absolute atomic E-state index is 0.0435. The lowest BCUT2D eigenvalue weighted by atomic mass is 9.81. The van der Waals surface area contributed by atoms with E-state index in [2.05, 4.69) is 72.3 Å². The number of rotatable bonds is 0. The van der Waals surface area contributed by atoms with Crippen LogP contribution in [0.15, 0.2) is 41.3 Å². The van der Waals surface area contributed by atoms with Crippen molar-refractivity contribution < 1.29 is 8.42 Å². The van der Waals surface area contributed by atoms with Gasteiger partial charge in [0.15, 0.2) is 9.84 Å². The quantitative estimate of drug-likeness (QED) is 0.549. The van der Waals surface area contributed by atoms with Gasteiger partial charge >= 0.3 is 0 Å². The van der Waals surface area contributed by atoms with Crippen LogP contribution >= 0.6 is 0 Å². The van der Waals surface area contributed by atoms with Gasteiger partial charge in [0.25, 0.3) is 0 Å². The summed E-state index contributed by atoms with van der Waals surface area (Å²) in [4.78, 5) is 17.6. The number of nitrogens with one attached hydrogen (secondary N) is 1. The third kappa shape index (κ3) is 10.5. The van der Waals surface area contributed by atoms with Gasteiger partial charge in [-0.1, -0.05) is 74.4 Å². The van der Waals surface area contributed by atoms with E-state index in [1.165, 1.54) is 0 Å². The van der Waals surface area contributed by atoms with E-state index in [0.717, 1.165) is 17.7 Å². The summed E-state index contributed by atoms with van der Waals surface area (Å²) in [7, 11) is -2.68. The summed E-state index contributed by atoms with van der Waals surface area (Å²) in [5.41, 5.74) is 8.05. The molecular formula is C26H43N3O3S. The van der Waals surface area contributed by atoms with Crippen molar-refractivity contribution >= 4 is 15.7 Å². The first-order valence-electron chi connectivity index (χ1n) is 11.4. The van der Waals surface area contributed by atoms with Crippen LogP contribution in [0.1, 0.15) is 80.0 Å². The highest BCUT2D eigenvalue weighted by atomic mass is 32.2. The summed E-state index contributed by atoms with van der Waals surface area (Å²) in [5.74, 6) is 1.76. The summed E-state index contributed by atoms with van der Waals surface area (Å²) in [6.45, 7) is 19.0. The van der Waals surface area contributed by atoms with Crippen LogP contribution < -0.4 is 11.3 Å². The third-order valence-electron chi connectivity index (χ3n) is 5.65. The molecule has 0 amide bonds. The second-order valence-electron chi connectivity index (χ2n) is 11.9. The Balaban J connectivity index is 0.000000247. The van der Waals surface area contributed by atoms with Crippen molar-refractivity contribution in [2.24, 2.45) is 11.3 Å². The molecule has 6 nitrogen and oxygen atoms in total. The van der Waals surface area contributed by atoms with Gasteiger partial charge in [-0.05, 0) is 40.9 Å². The maximum absolute atomic E-state index is 11.1. The van der Waals surface area contributed by atoms with Crippen molar-refractivity contribution in [3.63, 3.8) is 0 Å². The number of pyridine rings is 2. The maximum Gasteiger partial charge on any atom is 0.247 e. The van der Waals surface area contributed by atoms with E-state index in [0.29, 0.717) is 23.2 Å². The molecule has 0 radical (unpaired) electrons. The number of hydrogen-bond acceptors (Lipinski definition) is 5. The number of aromatic amines is 1. The Morgan fingerprint density at radius 2 is 1.55 bits per heavy atom. The van der Waals surface area contributed by atoms with E-state index < -0.39 is 9.84 Å². The van der Waals surface area contributed by atoms with Crippen LogP contribution in [0.5, 0.6) is 0 Å². The molecular weight excluding hydrogens is 434 g/mol. The van der Waals surface area contributed by atoms with Gasteiger partial charge in [0.1, 0.15) is 5.82 Å². The smallest absolute Gasteiger partial charge is 0.247 e. The fourth-order valence-electron chi connectivity index (χ4n) is 3.22.